The number of hydrogen-bond donors (Lipinski definition) is 0. The van der Waals surface area contributed by atoms with Crippen molar-refractivity contribution in [1.82, 2.24) is 4.90 Å². The van der Waals surface area contributed by atoms with Crippen LogP contribution >= 0.6 is 12.4 Å². The molecule has 0 radical (unpaired) electrons. The number of fused-ring (bicyclic) bond motifs is 5. The van der Waals surface area contributed by atoms with Gasteiger partial charge in [0.05, 0.1) is 0 Å². The van der Waals surface area contributed by atoms with Gasteiger partial charge in [-0.25, -0.2) is 0 Å². The van der Waals surface area contributed by atoms with Crippen LogP contribution in [0.15, 0.2) is 24.3 Å². The molecule has 2 heteroatoms. The van der Waals surface area contributed by atoms with Crippen LogP contribution in [0.4, 0.5) is 0 Å². The highest BCUT2D eigenvalue weighted by atomic mass is 35.5. The molecule has 2 atom stereocenters. The Balaban J connectivity index is 0.00000108. The van der Waals surface area contributed by atoms with Crippen molar-refractivity contribution in [3.05, 3.63) is 35.4 Å². The lowest BCUT2D eigenvalue weighted by Crippen LogP contribution is -2.28. The molecular weight excluding hydrogens is 230 g/mol. The number of hydrogen-bond acceptors (Lipinski definition) is 1. The lowest BCUT2D eigenvalue weighted by atomic mass is 9.96. The third-order valence-electron chi connectivity index (χ3n) is 4.25. The van der Waals surface area contributed by atoms with E-state index in [1.54, 1.807) is 11.1 Å². The minimum absolute atomic E-state index is 0. The smallest absolute Gasteiger partial charge is 0.0356 e. The van der Waals surface area contributed by atoms with E-state index in [9.17, 15) is 0 Å². The summed E-state index contributed by atoms with van der Waals surface area (Å²) in [6.45, 7) is 4.87. The van der Waals surface area contributed by atoms with Gasteiger partial charge in [0.1, 0.15) is 0 Å². The second-order valence-electron chi connectivity index (χ2n) is 5.26. The van der Waals surface area contributed by atoms with Gasteiger partial charge in [-0.05, 0) is 55.8 Å². The monoisotopic (exact) mass is 251 g/mol. The summed E-state index contributed by atoms with van der Waals surface area (Å²) in [6.07, 6.45) is 5.44. The number of nitrogens with zero attached hydrogens (tertiary/aromatic N) is 1. The number of benzene rings is 1. The Labute approximate surface area is 111 Å². The van der Waals surface area contributed by atoms with Gasteiger partial charge in [0, 0.05) is 6.04 Å². The fourth-order valence-electron chi connectivity index (χ4n) is 3.58. The Hall–Kier alpha value is -0.530. The van der Waals surface area contributed by atoms with Crippen molar-refractivity contribution < 1.29 is 0 Å². The first kappa shape index (κ1) is 12.9. The molecule has 0 amide bonds. The van der Waals surface area contributed by atoms with Crippen molar-refractivity contribution in [2.75, 3.05) is 13.1 Å². The highest BCUT2D eigenvalue weighted by molar-refractivity contribution is 5.85. The molecule has 0 spiro atoms. The zero-order valence-corrected chi connectivity index (χ0v) is 11.4. The Kier molecular flexibility index (Phi) is 4.11. The largest absolute Gasteiger partial charge is 0.296 e. The van der Waals surface area contributed by atoms with Gasteiger partial charge in [-0.15, -0.1) is 12.4 Å². The predicted octanol–water partition coefficient (Wildman–Crippen LogP) is 4.14. The van der Waals surface area contributed by atoms with E-state index < -0.39 is 0 Å². The molecular formula is C15H22ClN. The molecule has 0 aromatic heterocycles. The quantitative estimate of drug-likeness (QED) is 0.764. The average molecular weight is 252 g/mol. The second-order valence-corrected chi connectivity index (χ2v) is 5.26. The lowest BCUT2D eigenvalue weighted by molar-refractivity contribution is 0.207. The van der Waals surface area contributed by atoms with Gasteiger partial charge in [0.15, 0.2) is 0 Å². The first-order valence-electron chi connectivity index (χ1n) is 6.73. The minimum atomic E-state index is 0. The van der Waals surface area contributed by atoms with E-state index in [0.29, 0.717) is 0 Å². The van der Waals surface area contributed by atoms with Gasteiger partial charge in [0.2, 0.25) is 0 Å². The predicted molar refractivity (Wildman–Crippen MR) is 74.9 cm³/mol. The summed E-state index contributed by atoms with van der Waals surface area (Å²) in [6, 6.07) is 9.85. The molecule has 0 saturated carbocycles. The summed E-state index contributed by atoms with van der Waals surface area (Å²) in [5.41, 5.74) is 3.27. The van der Waals surface area contributed by atoms with Crippen molar-refractivity contribution >= 4 is 12.4 Å². The van der Waals surface area contributed by atoms with Crippen molar-refractivity contribution in [1.29, 1.82) is 0 Å². The standard InChI is InChI=1S/C15H21N.ClH/c1-2-9-16-10-5-6-12-11-15(16)14-8-4-3-7-13(12)14;/h3-4,7-8,12,15H,2,5-6,9-11H2,1H3;1H. The van der Waals surface area contributed by atoms with Gasteiger partial charge < -0.3 is 0 Å². The third-order valence-corrected chi connectivity index (χ3v) is 4.25. The van der Waals surface area contributed by atoms with Crippen LogP contribution in [0.3, 0.4) is 0 Å². The highest BCUT2D eigenvalue weighted by Crippen LogP contribution is 2.47. The second kappa shape index (κ2) is 5.41. The molecule has 1 nitrogen and oxygen atoms in total. The first-order valence-corrected chi connectivity index (χ1v) is 6.73. The van der Waals surface area contributed by atoms with Crippen molar-refractivity contribution in [3.8, 4) is 0 Å². The molecule has 2 unspecified atom stereocenters. The molecule has 1 aliphatic heterocycles. The van der Waals surface area contributed by atoms with Crippen molar-refractivity contribution in [2.24, 2.45) is 0 Å². The molecule has 1 fully saturated rings. The minimum Gasteiger partial charge on any atom is -0.296 e. The molecule has 17 heavy (non-hydrogen) atoms. The summed E-state index contributed by atoms with van der Waals surface area (Å²) < 4.78 is 0. The van der Waals surface area contributed by atoms with E-state index in [4.69, 9.17) is 0 Å². The van der Waals surface area contributed by atoms with E-state index in [0.717, 1.165) is 12.0 Å². The molecule has 0 N–H and O–H groups in total. The summed E-state index contributed by atoms with van der Waals surface area (Å²) >= 11 is 0. The molecule has 1 aromatic carbocycles. The molecule has 2 bridgehead atoms. The maximum absolute atomic E-state index is 2.71. The Morgan fingerprint density at radius 2 is 2.00 bits per heavy atom. The highest BCUT2D eigenvalue weighted by Gasteiger charge is 2.35. The summed E-state index contributed by atoms with van der Waals surface area (Å²) in [5.74, 6) is 0.850. The first-order chi connectivity index (χ1) is 7.90. The third kappa shape index (κ3) is 2.23. The average Bonchev–Trinajstić information content (AvgIpc) is 2.53. The normalized spacial score (nSPS) is 27.1. The fraction of sp³-hybridized carbons (Fsp3) is 0.600. The van der Waals surface area contributed by atoms with Crippen LogP contribution in [0.5, 0.6) is 0 Å². The molecule has 1 heterocycles. The van der Waals surface area contributed by atoms with Crippen molar-refractivity contribution in [3.63, 3.8) is 0 Å². The van der Waals surface area contributed by atoms with Crippen LogP contribution in [0.25, 0.3) is 0 Å². The van der Waals surface area contributed by atoms with Gasteiger partial charge in [-0.1, -0.05) is 31.2 Å². The Bertz CT molecular complexity index is 377. The van der Waals surface area contributed by atoms with Gasteiger partial charge in [0.25, 0.3) is 0 Å². The van der Waals surface area contributed by atoms with Crippen LogP contribution in [0, 0.1) is 0 Å². The van der Waals surface area contributed by atoms with Crippen LogP contribution < -0.4 is 0 Å². The topological polar surface area (TPSA) is 3.24 Å². The van der Waals surface area contributed by atoms with E-state index in [1.165, 1.54) is 38.8 Å². The Morgan fingerprint density at radius 1 is 1.24 bits per heavy atom. The number of likely N-dealkylation sites (tertiary alicyclic amines) is 1. The van der Waals surface area contributed by atoms with E-state index in [-0.39, 0.29) is 12.4 Å². The molecule has 2 aliphatic rings. The summed E-state index contributed by atoms with van der Waals surface area (Å²) in [4.78, 5) is 2.71. The zero-order chi connectivity index (χ0) is 11.0. The molecule has 1 saturated heterocycles. The summed E-state index contributed by atoms with van der Waals surface area (Å²) in [7, 11) is 0. The molecule has 1 aliphatic carbocycles. The van der Waals surface area contributed by atoms with E-state index >= 15 is 0 Å². The van der Waals surface area contributed by atoms with Crippen molar-refractivity contribution in [2.45, 2.75) is 44.6 Å². The van der Waals surface area contributed by atoms with E-state index in [1.807, 2.05) is 0 Å². The Morgan fingerprint density at radius 3 is 2.76 bits per heavy atom. The molecule has 1 aromatic rings. The SMILES string of the molecule is CCCN1CCCC2CC1c1ccccc12.Cl. The lowest BCUT2D eigenvalue weighted by Gasteiger charge is -2.28. The number of rotatable bonds is 2. The van der Waals surface area contributed by atoms with Gasteiger partial charge in [-0.3, -0.25) is 4.90 Å². The van der Waals surface area contributed by atoms with Crippen LogP contribution in [-0.4, -0.2) is 18.0 Å². The van der Waals surface area contributed by atoms with Crippen LogP contribution in [0.1, 0.15) is 55.7 Å². The molecule has 3 rings (SSSR count). The maximum atomic E-state index is 2.71. The van der Waals surface area contributed by atoms with Crippen LogP contribution in [-0.2, 0) is 0 Å². The van der Waals surface area contributed by atoms with Crippen LogP contribution in [0.2, 0.25) is 0 Å². The summed E-state index contributed by atoms with van der Waals surface area (Å²) in [5, 5.41) is 0. The van der Waals surface area contributed by atoms with Gasteiger partial charge >= 0.3 is 0 Å². The number of halogens is 1. The van der Waals surface area contributed by atoms with E-state index in [2.05, 4.69) is 36.1 Å². The fourth-order valence-corrected chi connectivity index (χ4v) is 3.58. The van der Waals surface area contributed by atoms with Gasteiger partial charge in [-0.2, -0.15) is 0 Å². The molecule has 94 valence electrons. The zero-order valence-electron chi connectivity index (χ0n) is 10.6. The maximum Gasteiger partial charge on any atom is 0.0356 e.